The van der Waals surface area contributed by atoms with Crippen LogP contribution >= 0.6 is 11.8 Å². The van der Waals surface area contributed by atoms with Crippen LogP contribution < -0.4 is 5.32 Å². The number of benzene rings is 1. The summed E-state index contributed by atoms with van der Waals surface area (Å²) in [5.74, 6) is 2.46. The van der Waals surface area contributed by atoms with Crippen molar-refractivity contribution in [1.82, 2.24) is 5.32 Å². The Morgan fingerprint density at radius 3 is 3.00 bits per heavy atom. The Kier molecular flexibility index (Phi) is 3.92. The van der Waals surface area contributed by atoms with E-state index in [2.05, 4.69) is 35.6 Å². The van der Waals surface area contributed by atoms with E-state index in [1.54, 1.807) is 0 Å². The molecule has 3 heteroatoms. The third-order valence-corrected chi connectivity index (χ3v) is 5.22. The van der Waals surface area contributed by atoms with Crippen molar-refractivity contribution in [2.75, 3.05) is 18.1 Å². The van der Waals surface area contributed by atoms with Crippen LogP contribution in [-0.2, 0) is 11.3 Å². The summed E-state index contributed by atoms with van der Waals surface area (Å²) in [6.07, 6.45) is 3.58. The topological polar surface area (TPSA) is 21.3 Å². The number of ether oxygens (including phenoxy) is 1. The van der Waals surface area contributed by atoms with Crippen LogP contribution in [0.5, 0.6) is 0 Å². The average Bonchev–Trinajstić information content (AvgIpc) is 2.86. The van der Waals surface area contributed by atoms with Crippen LogP contribution in [-0.4, -0.2) is 29.8 Å². The summed E-state index contributed by atoms with van der Waals surface area (Å²) in [5, 5.41) is 3.70. The molecule has 3 rings (SSSR count). The maximum absolute atomic E-state index is 6.05. The summed E-state index contributed by atoms with van der Waals surface area (Å²) in [7, 11) is 0. The molecule has 0 aromatic heterocycles. The Morgan fingerprint density at radius 1 is 1.33 bits per heavy atom. The Balaban J connectivity index is 1.54. The lowest BCUT2D eigenvalue weighted by Crippen LogP contribution is -2.47. The molecule has 0 radical (unpaired) electrons. The second kappa shape index (κ2) is 5.64. The molecule has 18 heavy (non-hydrogen) atoms. The number of thioether (sulfide) groups is 1. The lowest BCUT2D eigenvalue weighted by molar-refractivity contribution is -0.0703. The molecule has 98 valence electrons. The molecule has 1 spiro atoms. The van der Waals surface area contributed by atoms with Crippen molar-refractivity contribution in [1.29, 1.82) is 0 Å². The van der Waals surface area contributed by atoms with Gasteiger partial charge in [-0.15, -0.1) is 0 Å². The van der Waals surface area contributed by atoms with E-state index in [0.717, 1.165) is 19.6 Å². The maximum Gasteiger partial charge on any atom is 0.0795 e. The lowest BCUT2D eigenvalue weighted by Gasteiger charge is -2.38. The first-order valence-electron chi connectivity index (χ1n) is 6.85. The number of hydrogen-bond donors (Lipinski definition) is 1. The van der Waals surface area contributed by atoms with Gasteiger partial charge in [0.25, 0.3) is 0 Å². The first kappa shape index (κ1) is 12.5. The molecular weight excluding hydrogens is 242 g/mol. The predicted octanol–water partition coefficient (Wildman–Crippen LogP) is 2.83. The monoisotopic (exact) mass is 263 g/mol. The molecule has 0 saturated carbocycles. The maximum atomic E-state index is 6.05. The zero-order chi connectivity index (χ0) is 12.3. The summed E-state index contributed by atoms with van der Waals surface area (Å²) in [6, 6.07) is 11.3. The Hall–Kier alpha value is -0.510. The normalized spacial score (nSPS) is 31.9. The highest BCUT2D eigenvalue weighted by atomic mass is 32.2. The Labute approximate surface area is 113 Å². The molecule has 2 saturated heterocycles. The SMILES string of the molecule is c1ccc(CNC2CCOC3(CCSC3)C2)cc1. The largest absolute Gasteiger partial charge is 0.374 e. The third kappa shape index (κ3) is 2.90. The zero-order valence-electron chi connectivity index (χ0n) is 10.7. The second-order valence-electron chi connectivity index (χ2n) is 5.39. The van der Waals surface area contributed by atoms with Crippen LogP contribution in [0, 0.1) is 0 Å². The molecule has 0 aliphatic carbocycles. The van der Waals surface area contributed by atoms with Crippen LogP contribution in [0.4, 0.5) is 0 Å². The van der Waals surface area contributed by atoms with Gasteiger partial charge in [0, 0.05) is 24.9 Å². The van der Waals surface area contributed by atoms with Gasteiger partial charge in [0.2, 0.25) is 0 Å². The second-order valence-corrected chi connectivity index (χ2v) is 6.50. The zero-order valence-corrected chi connectivity index (χ0v) is 11.5. The highest BCUT2D eigenvalue weighted by Gasteiger charge is 2.40. The number of nitrogens with one attached hydrogen (secondary N) is 1. The smallest absolute Gasteiger partial charge is 0.0795 e. The van der Waals surface area contributed by atoms with Gasteiger partial charge < -0.3 is 10.1 Å². The molecule has 1 aromatic carbocycles. The molecule has 2 heterocycles. The molecule has 0 amide bonds. The van der Waals surface area contributed by atoms with E-state index in [1.165, 1.54) is 29.9 Å². The van der Waals surface area contributed by atoms with Crippen LogP contribution in [0.15, 0.2) is 30.3 Å². The molecule has 0 bridgehead atoms. The molecular formula is C15H21NOS. The van der Waals surface area contributed by atoms with Crippen molar-refractivity contribution >= 4 is 11.8 Å². The van der Waals surface area contributed by atoms with E-state index < -0.39 is 0 Å². The van der Waals surface area contributed by atoms with Crippen LogP contribution in [0.25, 0.3) is 0 Å². The Bertz CT molecular complexity index is 375. The fourth-order valence-electron chi connectivity index (χ4n) is 2.92. The van der Waals surface area contributed by atoms with Gasteiger partial charge in [0.15, 0.2) is 0 Å². The molecule has 1 N–H and O–H groups in total. The van der Waals surface area contributed by atoms with E-state index in [9.17, 15) is 0 Å². The third-order valence-electron chi connectivity index (χ3n) is 4.00. The van der Waals surface area contributed by atoms with E-state index >= 15 is 0 Å². The van der Waals surface area contributed by atoms with Crippen molar-refractivity contribution in [3.63, 3.8) is 0 Å². The minimum absolute atomic E-state index is 0.192. The molecule has 2 unspecified atom stereocenters. The molecule has 2 atom stereocenters. The van der Waals surface area contributed by atoms with E-state index in [0.29, 0.717) is 6.04 Å². The number of rotatable bonds is 3. The van der Waals surface area contributed by atoms with Gasteiger partial charge >= 0.3 is 0 Å². The van der Waals surface area contributed by atoms with Gasteiger partial charge in [-0.2, -0.15) is 11.8 Å². The predicted molar refractivity (Wildman–Crippen MR) is 76.9 cm³/mol. The fourth-order valence-corrected chi connectivity index (χ4v) is 4.30. The van der Waals surface area contributed by atoms with Crippen molar-refractivity contribution < 1.29 is 4.74 Å². The summed E-state index contributed by atoms with van der Waals surface area (Å²) in [6.45, 7) is 1.90. The van der Waals surface area contributed by atoms with Gasteiger partial charge in [-0.3, -0.25) is 0 Å². The van der Waals surface area contributed by atoms with Crippen molar-refractivity contribution in [3.05, 3.63) is 35.9 Å². The van der Waals surface area contributed by atoms with E-state index in [-0.39, 0.29) is 5.60 Å². The van der Waals surface area contributed by atoms with Gasteiger partial charge in [0.05, 0.1) is 5.60 Å². The summed E-state index contributed by atoms with van der Waals surface area (Å²) < 4.78 is 6.05. The van der Waals surface area contributed by atoms with Gasteiger partial charge in [0.1, 0.15) is 0 Å². The van der Waals surface area contributed by atoms with Crippen molar-refractivity contribution in [3.8, 4) is 0 Å². The first-order valence-corrected chi connectivity index (χ1v) is 8.01. The first-order chi connectivity index (χ1) is 8.86. The van der Waals surface area contributed by atoms with Gasteiger partial charge in [-0.25, -0.2) is 0 Å². The standard InChI is InChI=1S/C15H21NOS/c1-2-4-13(5-3-1)11-16-14-6-8-17-15(10-14)7-9-18-12-15/h1-5,14,16H,6-12H2. The highest BCUT2D eigenvalue weighted by molar-refractivity contribution is 7.99. The molecule has 2 nitrogen and oxygen atoms in total. The molecule has 1 aromatic rings. The van der Waals surface area contributed by atoms with Crippen molar-refractivity contribution in [2.24, 2.45) is 0 Å². The molecule has 2 fully saturated rings. The van der Waals surface area contributed by atoms with Gasteiger partial charge in [-0.05, 0) is 30.6 Å². The Morgan fingerprint density at radius 2 is 2.22 bits per heavy atom. The van der Waals surface area contributed by atoms with Crippen LogP contribution in [0.3, 0.4) is 0 Å². The minimum atomic E-state index is 0.192. The number of hydrogen-bond acceptors (Lipinski definition) is 3. The summed E-state index contributed by atoms with van der Waals surface area (Å²) >= 11 is 2.04. The lowest BCUT2D eigenvalue weighted by atomic mass is 9.90. The van der Waals surface area contributed by atoms with Crippen molar-refractivity contribution in [2.45, 2.75) is 37.5 Å². The van der Waals surface area contributed by atoms with Gasteiger partial charge in [-0.1, -0.05) is 30.3 Å². The molecule has 2 aliphatic heterocycles. The minimum Gasteiger partial charge on any atom is -0.374 e. The average molecular weight is 263 g/mol. The van der Waals surface area contributed by atoms with Crippen LogP contribution in [0.1, 0.15) is 24.8 Å². The summed E-state index contributed by atoms with van der Waals surface area (Å²) in [4.78, 5) is 0. The van der Waals surface area contributed by atoms with Crippen LogP contribution in [0.2, 0.25) is 0 Å². The highest BCUT2D eigenvalue weighted by Crippen LogP contribution is 2.38. The summed E-state index contributed by atoms with van der Waals surface area (Å²) in [5.41, 5.74) is 1.57. The van der Waals surface area contributed by atoms with E-state index in [4.69, 9.17) is 4.74 Å². The molecule has 2 aliphatic rings. The fraction of sp³-hybridized carbons (Fsp3) is 0.600. The quantitative estimate of drug-likeness (QED) is 0.906. The van der Waals surface area contributed by atoms with E-state index in [1.807, 2.05) is 11.8 Å².